The fourth-order valence-corrected chi connectivity index (χ4v) is 1.78. The van der Waals surface area contributed by atoms with Crippen molar-refractivity contribution in [3.8, 4) is 5.75 Å². The summed E-state index contributed by atoms with van der Waals surface area (Å²) < 4.78 is 0. The van der Waals surface area contributed by atoms with Gasteiger partial charge in [0, 0.05) is 11.4 Å². The van der Waals surface area contributed by atoms with Gasteiger partial charge in [-0.3, -0.25) is 0 Å². The molecule has 0 atom stereocenters. The van der Waals surface area contributed by atoms with E-state index in [2.05, 4.69) is 10.6 Å². The third-order valence-corrected chi connectivity index (χ3v) is 2.88. The number of nitrogens with one attached hydrogen (secondary N) is 2. The molecule has 6 heteroatoms. The van der Waals surface area contributed by atoms with E-state index in [1.54, 1.807) is 12.1 Å². The number of benzene rings is 2. The zero-order valence-corrected chi connectivity index (χ0v) is 11.3. The van der Waals surface area contributed by atoms with Crippen LogP contribution < -0.4 is 10.6 Å². The van der Waals surface area contributed by atoms with Gasteiger partial charge in [-0.25, -0.2) is 9.59 Å². The van der Waals surface area contributed by atoms with Crippen molar-refractivity contribution < 1.29 is 19.8 Å². The summed E-state index contributed by atoms with van der Waals surface area (Å²) in [5.41, 5.74) is 1.57. The maximum absolute atomic E-state index is 11.9. The normalized spacial score (nSPS) is 9.95. The van der Waals surface area contributed by atoms with Crippen LogP contribution in [0.2, 0.25) is 0 Å². The number of aromatic hydroxyl groups is 1. The molecule has 0 saturated carbocycles. The second-order valence-corrected chi connectivity index (χ2v) is 4.43. The molecule has 2 aromatic rings. The lowest BCUT2D eigenvalue weighted by molar-refractivity contribution is 0.0693. The number of carboxylic acids is 1. The monoisotopic (exact) mass is 286 g/mol. The number of aryl methyl sites for hydroxylation is 1. The number of amides is 2. The summed E-state index contributed by atoms with van der Waals surface area (Å²) in [6.45, 7) is 1.86. The number of phenols is 1. The molecule has 0 spiro atoms. The average molecular weight is 286 g/mol. The number of hydrogen-bond acceptors (Lipinski definition) is 3. The van der Waals surface area contributed by atoms with E-state index in [0.717, 1.165) is 5.56 Å². The average Bonchev–Trinajstić information content (AvgIpc) is 2.43. The molecule has 2 amide bonds. The Hall–Kier alpha value is -3.02. The first-order valence-electron chi connectivity index (χ1n) is 6.17. The van der Waals surface area contributed by atoms with Gasteiger partial charge >= 0.3 is 12.0 Å². The molecule has 4 N–H and O–H groups in total. The number of anilines is 2. The summed E-state index contributed by atoms with van der Waals surface area (Å²) in [5, 5.41) is 23.5. The van der Waals surface area contributed by atoms with Crippen LogP contribution in [-0.2, 0) is 0 Å². The lowest BCUT2D eigenvalue weighted by Crippen LogP contribution is -2.20. The van der Waals surface area contributed by atoms with Crippen LogP contribution in [0.5, 0.6) is 5.75 Å². The Balaban J connectivity index is 2.12. The maximum atomic E-state index is 11.9. The highest BCUT2D eigenvalue weighted by molar-refractivity contribution is 6.01. The SMILES string of the molecule is Cc1ccccc1NC(=O)Nc1ccc(O)c(C(=O)O)c1. The van der Waals surface area contributed by atoms with E-state index >= 15 is 0 Å². The summed E-state index contributed by atoms with van der Waals surface area (Å²) in [6, 6.07) is 10.6. The lowest BCUT2D eigenvalue weighted by atomic mass is 10.2. The van der Waals surface area contributed by atoms with E-state index in [4.69, 9.17) is 5.11 Å². The molecular weight excluding hydrogens is 272 g/mol. The van der Waals surface area contributed by atoms with Gasteiger partial charge in [0.15, 0.2) is 0 Å². The van der Waals surface area contributed by atoms with E-state index < -0.39 is 12.0 Å². The van der Waals surface area contributed by atoms with Gasteiger partial charge in [-0.2, -0.15) is 0 Å². The number of carbonyl (C=O) groups is 2. The van der Waals surface area contributed by atoms with Crippen LogP contribution in [0.15, 0.2) is 42.5 Å². The molecule has 0 aliphatic rings. The minimum atomic E-state index is -1.27. The molecule has 21 heavy (non-hydrogen) atoms. The highest BCUT2D eigenvalue weighted by Crippen LogP contribution is 2.21. The van der Waals surface area contributed by atoms with Crippen molar-refractivity contribution in [1.29, 1.82) is 0 Å². The molecule has 108 valence electrons. The zero-order chi connectivity index (χ0) is 15.4. The van der Waals surface area contributed by atoms with Crippen molar-refractivity contribution in [2.24, 2.45) is 0 Å². The summed E-state index contributed by atoms with van der Waals surface area (Å²) in [6.07, 6.45) is 0. The van der Waals surface area contributed by atoms with Gasteiger partial charge in [0.2, 0.25) is 0 Å². The Labute approximate surface area is 121 Å². The summed E-state index contributed by atoms with van der Waals surface area (Å²) in [4.78, 5) is 22.8. The van der Waals surface area contributed by atoms with E-state index in [9.17, 15) is 14.7 Å². The molecule has 0 fully saturated rings. The van der Waals surface area contributed by atoms with Gasteiger partial charge in [0.1, 0.15) is 11.3 Å². The Morgan fingerprint density at radius 1 is 1.05 bits per heavy atom. The van der Waals surface area contributed by atoms with Gasteiger partial charge < -0.3 is 20.8 Å². The fourth-order valence-electron chi connectivity index (χ4n) is 1.78. The third kappa shape index (κ3) is 3.50. The zero-order valence-electron chi connectivity index (χ0n) is 11.3. The Morgan fingerprint density at radius 2 is 1.76 bits per heavy atom. The highest BCUT2D eigenvalue weighted by Gasteiger charge is 2.11. The predicted molar refractivity (Wildman–Crippen MR) is 78.9 cm³/mol. The molecule has 2 rings (SSSR count). The van der Waals surface area contributed by atoms with Crippen molar-refractivity contribution in [3.05, 3.63) is 53.6 Å². The standard InChI is InChI=1S/C15H14N2O4/c1-9-4-2-3-5-12(9)17-15(21)16-10-6-7-13(18)11(8-10)14(19)20/h2-8,18H,1H3,(H,19,20)(H2,16,17,21). The van der Waals surface area contributed by atoms with Crippen LogP contribution in [0, 0.1) is 6.92 Å². The summed E-state index contributed by atoms with van der Waals surface area (Å²) in [5.74, 6) is -1.62. The van der Waals surface area contributed by atoms with Crippen molar-refractivity contribution in [1.82, 2.24) is 0 Å². The van der Waals surface area contributed by atoms with Crippen molar-refractivity contribution >= 4 is 23.4 Å². The predicted octanol–water partition coefficient (Wildman–Crippen LogP) is 3.04. The second kappa shape index (κ2) is 5.96. The van der Waals surface area contributed by atoms with Gasteiger partial charge in [-0.15, -0.1) is 0 Å². The molecule has 2 aromatic carbocycles. The molecule has 0 saturated heterocycles. The molecule has 0 aliphatic carbocycles. The van der Waals surface area contributed by atoms with Crippen LogP contribution in [-0.4, -0.2) is 22.2 Å². The Morgan fingerprint density at radius 3 is 2.43 bits per heavy atom. The molecular formula is C15H14N2O4. The van der Waals surface area contributed by atoms with Crippen LogP contribution in [0.25, 0.3) is 0 Å². The number of carboxylic acid groups (broad SMARTS) is 1. The molecule has 6 nitrogen and oxygen atoms in total. The van der Waals surface area contributed by atoms with Gasteiger partial charge in [0.25, 0.3) is 0 Å². The number of carbonyl (C=O) groups excluding carboxylic acids is 1. The second-order valence-electron chi connectivity index (χ2n) is 4.43. The van der Waals surface area contributed by atoms with E-state index in [-0.39, 0.29) is 17.0 Å². The fraction of sp³-hybridized carbons (Fsp3) is 0.0667. The summed E-state index contributed by atoms with van der Waals surface area (Å²) in [7, 11) is 0. The quantitative estimate of drug-likeness (QED) is 0.652. The molecule has 0 heterocycles. The topological polar surface area (TPSA) is 98.7 Å². The van der Waals surface area contributed by atoms with Crippen molar-refractivity contribution in [3.63, 3.8) is 0 Å². The maximum Gasteiger partial charge on any atom is 0.339 e. The third-order valence-electron chi connectivity index (χ3n) is 2.88. The van der Waals surface area contributed by atoms with Gasteiger partial charge in [0.05, 0.1) is 0 Å². The molecule has 0 unspecified atom stereocenters. The number of rotatable bonds is 3. The Bertz CT molecular complexity index is 698. The highest BCUT2D eigenvalue weighted by atomic mass is 16.4. The Kier molecular flexibility index (Phi) is 4.08. The molecule has 0 bridgehead atoms. The van der Waals surface area contributed by atoms with Crippen LogP contribution in [0.3, 0.4) is 0 Å². The molecule has 0 aromatic heterocycles. The number of aromatic carboxylic acids is 1. The minimum absolute atomic E-state index is 0.274. The van der Waals surface area contributed by atoms with E-state index in [0.29, 0.717) is 5.69 Å². The first-order chi connectivity index (χ1) is 9.97. The van der Waals surface area contributed by atoms with Crippen molar-refractivity contribution in [2.45, 2.75) is 6.92 Å². The molecule has 0 aliphatic heterocycles. The largest absolute Gasteiger partial charge is 0.507 e. The van der Waals surface area contributed by atoms with Crippen LogP contribution in [0.1, 0.15) is 15.9 Å². The molecule has 0 radical (unpaired) electrons. The van der Waals surface area contributed by atoms with Gasteiger partial charge in [-0.05, 0) is 36.8 Å². The van der Waals surface area contributed by atoms with Crippen molar-refractivity contribution in [2.75, 3.05) is 10.6 Å². The number of urea groups is 1. The summed E-state index contributed by atoms with van der Waals surface area (Å²) >= 11 is 0. The van der Waals surface area contributed by atoms with Gasteiger partial charge in [-0.1, -0.05) is 18.2 Å². The number of hydrogen-bond donors (Lipinski definition) is 4. The van der Waals surface area contributed by atoms with E-state index in [1.807, 2.05) is 19.1 Å². The smallest absolute Gasteiger partial charge is 0.339 e. The number of para-hydroxylation sites is 1. The van der Waals surface area contributed by atoms with Crippen LogP contribution >= 0.6 is 0 Å². The van der Waals surface area contributed by atoms with E-state index in [1.165, 1.54) is 18.2 Å². The first kappa shape index (κ1) is 14.4. The lowest BCUT2D eigenvalue weighted by Gasteiger charge is -2.10. The van der Waals surface area contributed by atoms with Crippen LogP contribution in [0.4, 0.5) is 16.2 Å². The minimum Gasteiger partial charge on any atom is -0.507 e. The first-order valence-corrected chi connectivity index (χ1v) is 6.17.